The second kappa shape index (κ2) is 13.1. The molecule has 1 amide bonds. The summed E-state index contributed by atoms with van der Waals surface area (Å²) < 4.78 is 63.9. The van der Waals surface area contributed by atoms with E-state index in [2.05, 4.69) is 4.98 Å². The Hall–Kier alpha value is -4.02. The summed E-state index contributed by atoms with van der Waals surface area (Å²) in [5, 5.41) is 0.326. The number of ether oxygens (including phenoxy) is 1. The fraction of sp³-hybridized carbons (Fsp3) is 0.200. The standard InChI is InChI=1S/C30H28ClF2N3O4S/c1-21(36(28-19-24(32)12-15-27(28)33)41(38,39)25-13-10-23(31)11-14-25)26-8-3-4-9-29(26)40-18-6-17-35(2)30(37)22-7-5-16-34-20-22/h3-5,7-16,19-21H,6,17-18H2,1-2H3/t21-/m1/s1. The van der Waals surface area contributed by atoms with Crippen LogP contribution >= 0.6 is 11.6 Å². The molecule has 7 nitrogen and oxygen atoms in total. The van der Waals surface area contributed by atoms with Crippen LogP contribution in [0, 0.1) is 11.6 Å². The van der Waals surface area contributed by atoms with E-state index in [1.807, 2.05) is 0 Å². The van der Waals surface area contributed by atoms with Gasteiger partial charge in [-0.2, -0.15) is 0 Å². The highest BCUT2D eigenvalue weighted by Crippen LogP contribution is 2.38. The van der Waals surface area contributed by atoms with Gasteiger partial charge in [0, 0.05) is 42.6 Å². The van der Waals surface area contributed by atoms with Crippen LogP contribution in [0.25, 0.3) is 0 Å². The number of sulfonamides is 1. The first-order valence-corrected chi connectivity index (χ1v) is 14.5. The predicted octanol–water partition coefficient (Wildman–Crippen LogP) is 6.51. The molecule has 0 N–H and O–H groups in total. The molecule has 0 aliphatic heterocycles. The summed E-state index contributed by atoms with van der Waals surface area (Å²) in [6.07, 6.45) is 3.57. The predicted molar refractivity (Wildman–Crippen MR) is 154 cm³/mol. The Kier molecular flexibility index (Phi) is 9.57. The second-order valence-electron chi connectivity index (χ2n) is 9.23. The first kappa shape index (κ1) is 30.0. The number of aromatic nitrogens is 1. The third-order valence-electron chi connectivity index (χ3n) is 6.39. The molecule has 0 aliphatic carbocycles. The average Bonchev–Trinajstić information content (AvgIpc) is 2.97. The summed E-state index contributed by atoms with van der Waals surface area (Å²) in [7, 11) is -2.70. The fourth-order valence-corrected chi connectivity index (χ4v) is 6.06. The molecule has 0 bridgehead atoms. The van der Waals surface area contributed by atoms with E-state index < -0.39 is 33.4 Å². The quantitative estimate of drug-likeness (QED) is 0.184. The maximum absolute atomic E-state index is 15.1. The van der Waals surface area contributed by atoms with Crippen LogP contribution in [-0.2, 0) is 10.0 Å². The number of carbonyl (C=O) groups is 1. The molecular weight excluding hydrogens is 572 g/mol. The topological polar surface area (TPSA) is 79.8 Å². The smallest absolute Gasteiger partial charge is 0.264 e. The number of carbonyl (C=O) groups excluding carboxylic acids is 1. The summed E-state index contributed by atoms with van der Waals surface area (Å²) >= 11 is 5.95. The Morgan fingerprint density at radius 3 is 2.46 bits per heavy atom. The molecule has 1 atom stereocenters. The van der Waals surface area contributed by atoms with Crippen molar-refractivity contribution in [2.75, 3.05) is 24.5 Å². The number of rotatable bonds is 11. The number of anilines is 1. The summed E-state index contributed by atoms with van der Waals surface area (Å²) in [6.45, 7) is 2.18. The zero-order valence-corrected chi connectivity index (χ0v) is 23.9. The van der Waals surface area contributed by atoms with Crippen molar-refractivity contribution < 1.29 is 26.7 Å². The molecule has 3 aromatic carbocycles. The third-order valence-corrected chi connectivity index (χ3v) is 8.54. The second-order valence-corrected chi connectivity index (χ2v) is 11.5. The largest absolute Gasteiger partial charge is 0.493 e. The number of halogens is 3. The van der Waals surface area contributed by atoms with Gasteiger partial charge in [-0.1, -0.05) is 29.8 Å². The number of hydrogen-bond donors (Lipinski definition) is 0. The van der Waals surface area contributed by atoms with Crippen LogP contribution < -0.4 is 9.04 Å². The fourth-order valence-electron chi connectivity index (χ4n) is 4.30. The lowest BCUT2D eigenvalue weighted by Crippen LogP contribution is -2.34. The minimum atomic E-state index is -4.38. The molecule has 0 radical (unpaired) electrons. The Bertz CT molecular complexity index is 1610. The lowest BCUT2D eigenvalue weighted by Gasteiger charge is -2.32. The summed E-state index contributed by atoms with van der Waals surface area (Å²) in [5.41, 5.74) is 0.466. The molecule has 0 saturated heterocycles. The van der Waals surface area contributed by atoms with Crippen LogP contribution in [0.1, 0.15) is 35.3 Å². The van der Waals surface area contributed by atoms with E-state index in [1.165, 1.54) is 30.5 Å². The molecule has 4 aromatic rings. The average molecular weight is 600 g/mol. The van der Waals surface area contributed by atoms with E-state index in [9.17, 15) is 17.6 Å². The van der Waals surface area contributed by atoms with Gasteiger partial charge >= 0.3 is 0 Å². The number of pyridine rings is 1. The molecule has 0 spiro atoms. The molecule has 1 aromatic heterocycles. The van der Waals surface area contributed by atoms with Crippen LogP contribution in [0.4, 0.5) is 14.5 Å². The zero-order valence-electron chi connectivity index (χ0n) is 22.4. The zero-order chi connectivity index (χ0) is 29.6. The maximum Gasteiger partial charge on any atom is 0.264 e. The molecule has 41 heavy (non-hydrogen) atoms. The van der Waals surface area contributed by atoms with Crippen molar-refractivity contribution in [1.29, 1.82) is 0 Å². The molecule has 214 valence electrons. The summed E-state index contributed by atoms with van der Waals surface area (Å²) in [6, 6.07) is 17.2. The Balaban J connectivity index is 1.58. The maximum atomic E-state index is 15.1. The Labute approximate surface area is 243 Å². The summed E-state index contributed by atoms with van der Waals surface area (Å²) in [5.74, 6) is -1.50. The SMILES string of the molecule is C[C@H](c1ccccc1OCCCN(C)C(=O)c1cccnc1)N(c1cc(F)ccc1F)S(=O)(=O)c1ccc(Cl)cc1. The van der Waals surface area contributed by atoms with Crippen molar-refractivity contribution in [2.24, 2.45) is 0 Å². The van der Waals surface area contributed by atoms with Crippen LogP contribution in [0.3, 0.4) is 0 Å². The monoisotopic (exact) mass is 599 g/mol. The van der Waals surface area contributed by atoms with Crippen molar-refractivity contribution >= 4 is 33.2 Å². The van der Waals surface area contributed by atoms with Crippen LogP contribution in [0.2, 0.25) is 5.02 Å². The van der Waals surface area contributed by atoms with E-state index in [0.717, 1.165) is 22.5 Å². The van der Waals surface area contributed by atoms with Crippen molar-refractivity contribution in [2.45, 2.75) is 24.3 Å². The van der Waals surface area contributed by atoms with Gasteiger partial charge in [-0.05, 0) is 67.9 Å². The van der Waals surface area contributed by atoms with Crippen LogP contribution in [0.15, 0.2) is 96.2 Å². The Morgan fingerprint density at radius 1 is 1.02 bits per heavy atom. The van der Waals surface area contributed by atoms with E-state index in [0.29, 0.717) is 34.9 Å². The summed E-state index contributed by atoms with van der Waals surface area (Å²) in [4.78, 5) is 17.9. The Morgan fingerprint density at radius 2 is 1.76 bits per heavy atom. The number of amides is 1. The molecule has 0 aliphatic rings. The molecule has 4 rings (SSSR count). The first-order chi connectivity index (χ1) is 19.6. The highest BCUT2D eigenvalue weighted by molar-refractivity contribution is 7.92. The van der Waals surface area contributed by atoms with E-state index in [1.54, 1.807) is 61.5 Å². The first-order valence-electron chi connectivity index (χ1n) is 12.7. The van der Waals surface area contributed by atoms with Crippen molar-refractivity contribution in [3.63, 3.8) is 0 Å². The minimum Gasteiger partial charge on any atom is -0.493 e. The number of para-hydroxylation sites is 1. The molecule has 1 heterocycles. The van der Waals surface area contributed by atoms with Gasteiger partial charge in [0.25, 0.3) is 15.9 Å². The molecule has 0 fully saturated rings. The van der Waals surface area contributed by atoms with Gasteiger partial charge in [0.15, 0.2) is 0 Å². The molecule has 0 saturated carbocycles. The van der Waals surface area contributed by atoms with Crippen molar-refractivity contribution in [3.8, 4) is 5.75 Å². The van der Waals surface area contributed by atoms with Crippen LogP contribution in [-0.4, -0.2) is 44.4 Å². The van der Waals surface area contributed by atoms with Gasteiger partial charge in [0.05, 0.1) is 28.8 Å². The normalized spacial score (nSPS) is 12.0. The van der Waals surface area contributed by atoms with Crippen molar-refractivity contribution in [1.82, 2.24) is 9.88 Å². The van der Waals surface area contributed by atoms with Gasteiger partial charge in [-0.25, -0.2) is 17.2 Å². The van der Waals surface area contributed by atoms with Gasteiger partial charge in [0.1, 0.15) is 17.4 Å². The minimum absolute atomic E-state index is 0.142. The van der Waals surface area contributed by atoms with Gasteiger partial charge in [-0.15, -0.1) is 0 Å². The van der Waals surface area contributed by atoms with E-state index in [-0.39, 0.29) is 17.4 Å². The molecule has 0 unspecified atom stereocenters. The highest BCUT2D eigenvalue weighted by Gasteiger charge is 2.34. The van der Waals surface area contributed by atoms with Crippen LogP contribution in [0.5, 0.6) is 5.75 Å². The number of nitrogens with zero attached hydrogens (tertiary/aromatic N) is 3. The third kappa shape index (κ3) is 7.01. The number of benzene rings is 3. The lowest BCUT2D eigenvalue weighted by molar-refractivity contribution is 0.0787. The lowest BCUT2D eigenvalue weighted by atomic mass is 10.1. The molecular formula is C30H28ClF2N3O4S. The van der Waals surface area contributed by atoms with Gasteiger partial charge in [-0.3, -0.25) is 14.1 Å². The highest BCUT2D eigenvalue weighted by atomic mass is 35.5. The van der Waals surface area contributed by atoms with Gasteiger partial charge < -0.3 is 9.64 Å². The van der Waals surface area contributed by atoms with E-state index in [4.69, 9.17) is 16.3 Å². The van der Waals surface area contributed by atoms with E-state index >= 15 is 4.39 Å². The van der Waals surface area contributed by atoms with Gasteiger partial charge in [0.2, 0.25) is 0 Å². The molecule has 11 heteroatoms. The van der Waals surface area contributed by atoms with Crippen molar-refractivity contribution in [3.05, 3.63) is 119 Å². The number of hydrogen-bond acceptors (Lipinski definition) is 5.